The van der Waals surface area contributed by atoms with E-state index in [4.69, 9.17) is 0 Å². The Bertz CT molecular complexity index is 495. The summed E-state index contributed by atoms with van der Waals surface area (Å²) in [5, 5.41) is 2.85. The molecule has 1 saturated heterocycles. The van der Waals surface area contributed by atoms with Gasteiger partial charge in [0.2, 0.25) is 0 Å². The van der Waals surface area contributed by atoms with Crippen molar-refractivity contribution in [2.45, 2.75) is 25.7 Å². The number of aliphatic imine (C=N–C) groups is 1. The fourth-order valence-corrected chi connectivity index (χ4v) is 3.52. The van der Waals surface area contributed by atoms with E-state index in [1.54, 1.807) is 12.2 Å². The molecule has 2 unspecified atom stereocenters. The van der Waals surface area contributed by atoms with Gasteiger partial charge in [-0.3, -0.25) is 14.7 Å². The molecule has 0 amide bonds. The predicted molar refractivity (Wildman–Crippen MR) is 77.3 cm³/mol. The van der Waals surface area contributed by atoms with Crippen LogP contribution in [0.1, 0.15) is 25.7 Å². The van der Waals surface area contributed by atoms with Gasteiger partial charge in [-0.05, 0) is 42.4 Å². The van der Waals surface area contributed by atoms with Crippen LogP contribution in [0.15, 0.2) is 33.7 Å². The monoisotopic (exact) mass is 273 g/mol. The summed E-state index contributed by atoms with van der Waals surface area (Å²) < 4.78 is 0. The Labute approximate surface area is 118 Å². The van der Waals surface area contributed by atoms with Gasteiger partial charge >= 0.3 is 0 Å². The van der Waals surface area contributed by atoms with E-state index < -0.39 is 0 Å². The molecule has 20 heavy (non-hydrogen) atoms. The van der Waals surface area contributed by atoms with E-state index >= 15 is 0 Å². The largest absolute Gasteiger partial charge is 0.295 e. The summed E-state index contributed by atoms with van der Waals surface area (Å²) in [7, 11) is 0. The van der Waals surface area contributed by atoms with Gasteiger partial charge in [0.15, 0.2) is 5.78 Å². The number of rotatable bonds is 4. The maximum absolute atomic E-state index is 12.3. The molecule has 0 aromatic carbocycles. The Morgan fingerprint density at radius 2 is 2.05 bits per heavy atom. The van der Waals surface area contributed by atoms with Crippen molar-refractivity contribution in [3.63, 3.8) is 0 Å². The summed E-state index contributed by atoms with van der Waals surface area (Å²) in [6, 6.07) is 0. The molecule has 2 fully saturated rings. The smallest absolute Gasteiger partial charge is 0.194 e. The predicted octanol–water partition coefficient (Wildman–Crippen LogP) is 2.30. The van der Waals surface area contributed by atoms with E-state index in [1.165, 1.54) is 25.5 Å². The highest BCUT2D eigenvalue weighted by Crippen LogP contribution is 2.37. The second-order valence-electron chi connectivity index (χ2n) is 5.87. The molecule has 0 aromatic heterocycles. The quantitative estimate of drug-likeness (QED) is 0.738. The van der Waals surface area contributed by atoms with Crippen molar-refractivity contribution in [3.05, 3.63) is 28.5 Å². The zero-order valence-corrected chi connectivity index (χ0v) is 11.5. The van der Waals surface area contributed by atoms with Gasteiger partial charge in [0, 0.05) is 13.1 Å². The number of allylic oxidation sites excluding steroid dienone is 3. The average Bonchev–Trinajstić information content (AvgIpc) is 2.91. The lowest BCUT2D eigenvalue weighted by atomic mass is 10.0. The molecular weight excluding hydrogens is 254 g/mol. The molecule has 2 aliphatic heterocycles. The van der Waals surface area contributed by atoms with Gasteiger partial charge in [-0.2, -0.15) is 0 Å². The van der Waals surface area contributed by atoms with Gasteiger partial charge < -0.3 is 0 Å². The number of nitrogens with zero attached hydrogens (tertiary/aromatic N) is 3. The van der Waals surface area contributed by atoms with Crippen LogP contribution in [0.3, 0.4) is 0 Å². The first-order valence-corrected chi connectivity index (χ1v) is 7.29. The number of fused-ring (bicyclic) bond motifs is 1. The summed E-state index contributed by atoms with van der Waals surface area (Å²) in [5.74, 6) is 1.63. The number of Topliss-reactive ketones (excluding diaryl/α,β-unsaturated/α-hetero) is 1. The minimum atomic E-state index is 0.0433. The molecular formula is C15H19N3O2. The molecule has 0 bridgehead atoms. The first-order chi connectivity index (χ1) is 9.76. The minimum absolute atomic E-state index is 0.0433. The highest BCUT2D eigenvalue weighted by atomic mass is 16.3. The van der Waals surface area contributed by atoms with E-state index in [2.05, 4.69) is 15.1 Å². The Hall–Kier alpha value is -1.62. The molecule has 1 saturated carbocycles. The molecule has 5 nitrogen and oxygen atoms in total. The van der Waals surface area contributed by atoms with Gasteiger partial charge in [0.1, 0.15) is 11.4 Å². The van der Waals surface area contributed by atoms with E-state index in [9.17, 15) is 9.70 Å². The minimum Gasteiger partial charge on any atom is -0.295 e. The highest BCUT2D eigenvalue weighted by molar-refractivity contribution is 5.99. The van der Waals surface area contributed by atoms with Crippen molar-refractivity contribution in [1.29, 1.82) is 0 Å². The van der Waals surface area contributed by atoms with Crippen LogP contribution in [0.2, 0.25) is 0 Å². The fourth-order valence-electron chi connectivity index (χ4n) is 3.52. The summed E-state index contributed by atoms with van der Waals surface area (Å²) in [4.78, 5) is 29.1. The molecule has 5 heteroatoms. The fraction of sp³-hybridized carbons (Fsp3) is 0.600. The number of hydrogen-bond donors (Lipinski definition) is 0. The van der Waals surface area contributed by atoms with Crippen molar-refractivity contribution in [1.82, 2.24) is 4.90 Å². The van der Waals surface area contributed by atoms with Gasteiger partial charge in [-0.25, -0.2) is 0 Å². The van der Waals surface area contributed by atoms with Gasteiger partial charge in [-0.1, -0.05) is 12.5 Å². The van der Waals surface area contributed by atoms with Crippen LogP contribution < -0.4 is 0 Å². The maximum Gasteiger partial charge on any atom is 0.194 e. The molecule has 3 aliphatic rings. The Kier molecular flexibility index (Phi) is 3.87. The third-order valence-electron chi connectivity index (χ3n) is 4.53. The van der Waals surface area contributed by atoms with Crippen LogP contribution in [-0.4, -0.2) is 36.5 Å². The van der Waals surface area contributed by atoms with Crippen molar-refractivity contribution in [2.75, 3.05) is 19.6 Å². The summed E-state index contributed by atoms with van der Waals surface area (Å²) in [6.07, 6.45) is 9.34. The van der Waals surface area contributed by atoms with Crippen molar-refractivity contribution < 1.29 is 4.79 Å². The van der Waals surface area contributed by atoms with Crippen molar-refractivity contribution in [2.24, 2.45) is 22.0 Å². The standard InChI is InChI=1S/C15H19N3O2/c19-15(14-6-2-5-13(17-20)7-16-14)10-18-8-11-3-1-4-12(11)9-18/h5-7,11-12H,1-4,8-10H2. The second-order valence-corrected chi connectivity index (χ2v) is 5.87. The Morgan fingerprint density at radius 1 is 1.30 bits per heavy atom. The van der Waals surface area contributed by atoms with Crippen molar-refractivity contribution in [3.8, 4) is 0 Å². The van der Waals surface area contributed by atoms with Gasteiger partial charge in [0.05, 0.1) is 12.8 Å². The molecule has 0 aromatic rings. The molecule has 0 radical (unpaired) electrons. The van der Waals surface area contributed by atoms with Crippen LogP contribution in [0, 0.1) is 16.7 Å². The number of ketones is 1. The van der Waals surface area contributed by atoms with Gasteiger partial charge in [0.25, 0.3) is 0 Å². The third-order valence-corrected chi connectivity index (χ3v) is 4.53. The average molecular weight is 273 g/mol. The van der Waals surface area contributed by atoms with E-state index in [0.29, 0.717) is 24.4 Å². The van der Waals surface area contributed by atoms with Crippen LogP contribution in [-0.2, 0) is 4.79 Å². The third kappa shape index (κ3) is 2.77. The first kappa shape index (κ1) is 13.4. The highest BCUT2D eigenvalue weighted by Gasteiger charge is 2.36. The van der Waals surface area contributed by atoms with Crippen LogP contribution in [0.5, 0.6) is 0 Å². The van der Waals surface area contributed by atoms with Crippen LogP contribution in [0.25, 0.3) is 0 Å². The number of likely N-dealkylation sites (tertiary alicyclic amines) is 1. The second kappa shape index (κ2) is 5.79. The molecule has 1 aliphatic carbocycles. The maximum atomic E-state index is 12.3. The molecule has 2 atom stereocenters. The Balaban J connectivity index is 1.58. The van der Waals surface area contributed by atoms with E-state index in [-0.39, 0.29) is 5.78 Å². The Morgan fingerprint density at radius 3 is 2.75 bits per heavy atom. The van der Waals surface area contributed by atoms with Crippen LogP contribution in [0.4, 0.5) is 0 Å². The lowest BCUT2D eigenvalue weighted by molar-refractivity contribution is -0.116. The zero-order chi connectivity index (χ0) is 13.9. The molecule has 3 rings (SSSR count). The number of nitroso groups, excluding NO2 is 1. The molecule has 0 N–H and O–H groups in total. The molecule has 2 heterocycles. The number of hydrogen-bond acceptors (Lipinski definition) is 5. The number of carbonyl (C=O) groups is 1. The SMILES string of the molecule is O=NC1=CCC=C(C(=O)CN2CC3CCCC3C2)N=C1. The molecule has 0 spiro atoms. The number of carbonyl (C=O) groups excluding carboxylic acids is 1. The molecule has 106 valence electrons. The normalized spacial score (nSPS) is 29.6. The van der Waals surface area contributed by atoms with Gasteiger partial charge in [-0.15, -0.1) is 4.91 Å². The summed E-state index contributed by atoms with van der Waals surface area (Å²) in [6.45, 7) is 2.54. The van der Waals surface area contributed by atoms with Crippen molar-refractivity contribution >= 4 is 12.0 Å². The topological polar surface area (TPSA) is 62.1 Å². The van der Waals surface area contributed by atoms with E-state index in [1.807, 2.05) is 0 Å². The van der Waals surface area contributed by atoms with E-state index in [0.717, 1.165) is 24.9 Å². The zero-order valence-electron chi connectivity index (χ0n) is 11.5. The summed E-state index contributed by atoms with van der Waals surface area (Å²) >= 11 is 0. The van der Waals surface area contributed by atoms with Crippen LogP contribution >= 0.6 is 0 Å². The lowest BCUT2D eigenvalue weighted by Gasteiger charge is -2.15. The summed E-state index contributed by atoms with van der Waals surface area (Å²) in [5.41, 5.74) is 0.747. The first-order valence-electron chi connectivity index (χ1n) is 7.29. The lowest BCUT2D eigenvalue weighted by Crippen LogP contribution is -2.29.